The van der Waals surface area contributed by atoms with Crippen molar-refractivity contribution in [3.05, 3.63) is 28.7 Å². The van der Waals surface area contributed by atoms with E-state index in [1.165, 1.54) is 0 Å². The first-order valence-electron chi connectivity index (χ1n) is 5.90. The Balaban J connectivity index is 2.32. The second kappa shape index (κ2) is 8.56. The fourth-order valence-electron chi connectivity index (χ4n) is 1.42. The summed E-state index contributed by atoms with van der Waals surface area (Å²) in [4.78, 5) is 11.7. The Morgan fingerprint density at radius 2 is 2.17 bits per heavy atom. The molecule has 0 saturated heterocycles. The van der Waals surface area contributed by atoms with Crippen LogP contribution in [0.4, 0.5) is 5.69 Å². The van der Waals surface area contributed by atoms with E-state index in [1.807, 2.05) is 36.0 Å². The van der Waals surface area contributed by atoms with Gasteiger partial charge < -0.3 is 10.6 Å². The van der Waals surface area contributed by atoms with Gasteiger partial charge in [0.05, 0.1) is 12.2 Å². The number of amides is 1. The van der Waals surface area contributed by atoms with Crippen LogP contribution in [0.2, 0.25) is 0 Å². The van der Waals surface area contributed by atoms with Gasteiger partial charge in [-0.15, -0.1) is 0 Å². The molecule has 0 aliphatic heterocycles. The maximum absolute atomic E-state index is 11.7. The van der Waals surface area contributed by atoms with Gasteiger partial charge in [-0.3, -0.25) is 4.79 Å². The van der Waals surface area contributed by atoms with Crippen molar-refractivity contribution in [2.24, 2.45) is 0 Å². The number of hydrogen-bond donors (Lipinski definition) is 2. The lowest BCUT2D eigenvalue weighted by atomic mass is 10.2. The third kappa shape index (κ3) is 5.89. The normalized spacial score (nSPS) is 12.2. The highest BCUT2D eigenvalue weighted by atomic mass is 79.9. The van der Waals surface area contributed by atoms with Gasteiger partial charge >= 0.3 is 0 Å². The predicted molar refractivity (Wildman–Crippen MR) is 83.2 cm³/mol. The van der Waals surface area contributed by atoms with Crippen molar-refractivity contribution in [3.8, 4) is 0 Å². The summed E-state index contributed by atoms with van der Waals surface area (Å²) in [7, 11) is 0. The lowest BCUT2D eigenvalue weighted by molar-refractivity contribution is -0.115. The molecule has 0 aromatic heterocycles. The van der Waals surface area contributed by atoms with Crippen molar-refractivity contribution in [2.45, 2.75) is 19.4 Å². The third-order valence-corrected chi connectivity index (χ3v) is 3.85. The lowest BCUT2D eigenvalue weighted by Crippen LogP contribution is -2.34. The van der Waals surface area contributed by atoms with Crippen LogP contribution in [-0.4, -0.2) is 30.5 Å². The zero-order chi connectivity index (χ0) is 13.4. The molecule has 1 aromatic carbocycles. The number of nitrogens with one attached hydrogen (secondary N) is 2. The molecule has 0 spiro atoms. The van der Waals surface area contributed by atoms with Gasteiger partial charge in [0, 0.05) is 10.5 Å². The van der Waals surface area contributed by atoms with Crippen LogP contribution in [0.1, 0.15) is 13.3 Å². The number of para-hydroxylation sites is 1. The van der Waals surface area contributed by atoms with E-state index in [-0.39, 0.29) is 5.91 Å². The Labute approximate surface area is 121 Å². The fraction of sp³-hybridized carbons (Fsp3) is 0.462. The van der Waals surface area contributed by atoms with Crippen molar-refractivity contribution in [3.63, 3.8) is 0 Å². The summed E-state index contributed by atoms with van der Waals surface area (Å²) in [5, 5.41) is 6.08. The maximum Gasteiger partial charge on any atom is 0.238 e. The summed E-state index contributed by atoms with van der Waals surface area (Å²) in [5.41, 5.74) is 0.807. The zero-order valence-electron chi connectivity index (χ0n) is 10.7. The standard InChI is InChI=1S/C13H19BrN2OS/c1-10(7-8-18-2)15-9-13(17)16-12-6-4-3-5-11(12)14/h3-6,10,15H,7-9H2,1-2H3,(H,16,17). The lowest BCUT2D eigenvalue weighted by Gasteiger charge is -2.13. The van der Waals surface area contributed by atoms with Gasteiger partial charge in [0.15, 0.2) is 0 Å². The summed E-state index contributed by atoms with van der Waals surface area (Å²) >= 11 is 5.22. The number of hydrogen-bond acceptors (Lipinski definition) is 3. The van der Waals surface area contributed by atoms with Gasteiger partial charge in [-0.1, -0.05) is 12.1 Å². The molecule has 0 heterocycles. The van der Waals surface area contributed by atoms with Crippen LogP contribution in [0.25, 0.3) is 0 Å². The minimum absolute atomic E-state index is 0.0158. The molecule has 18 heavy (non-hydrogen) atoms. The second-order valence-corrected chi connectivity index (χ2v) is 5.93. The van der Waals surface area contributed by atoms with Crippen LogP contribution in [0.15, 0.2) is 28.7 Å². The number of carbonyl (C=O) groups is 1. The number of anilines is 1. The minimum Gasteiger partial charge on any atom is -0.324 e. The molecule has 2 N–H and O–H groups in total. The quantitative estimate of drug-likeness (QED) is 0.807. The molecule has 0 bridgehead atoms. The van der Waals surface area contributed by atoms with Crippen LogP contribution >= 0.6 is 27.7 Å². The van der Waals surface area contributed by atoms with Crippen molar-refractivity contribution < 1.29 is 4.79 Å². The molecule has 1 rings (SSSR count). The summed E-state index contributed by atoms with van der Waals surface area (Å²) in [5.74, 6) is 1.10. The van der Waals surface area contributed by atoms with Crippen LogP contribution < -0.4 is 10.6 Å². The van der Waals surface area contributed by atoms with Crippen molar-refractivity contribution in [1.29, 1.82) is 0 Å². The van der Waals surface area contributed by atoms with E-state index in [4.69, 9.17) is 0 Å². The van der Waals surface area contributed by atoms with Gasteiger partial charge in [-0.25, -0.2) is 0 Å². The molecular weight excluding hydrogens is 312 g/mol. The highest BCUT2D eigenvalue weighted by Gasteiger charge is 2.07. The summed E-state index contributed by atoms with van der Waals surface area (Å²) in [6.07, 6.45) is 3.16. The van der Waals surface area contributed by atoms with Crippen molar-refractivity contribution in [1.82, 2.24) is 5.32 Å². The third-order valence-electron chi connectivity index (χ3n) is 2.51. The average molecular weight is 331 g/mol. The number of rotatable bonds is 7. The maximum atomic E-state index is 11.7. The molecule has 100 valence electrons. The average Bonchev–Trinajstić information content (AvgIpc) is 2.36. The van der Waals surface area contributed by atoms with Crippen LogP contribution in [0, 0.1) is 0 Å². The van der Waals surface area contributed by atoms with E-state index in [0.717, 1.165) is 22.3 Å². The molecule has 5 heteroatoms. The molecule has 0 radical (unpaired) electrons. The molecule has 0 aliphatic carbocycles. The minimum atomic E-state index is -0.0158. The largest absolute Gasteiger partial charge is 0.324 e. The Kier molecular flexibility index (Phi) is 7.39. The molecule has 3 nitrogen and oxygen atoms in total. The predicted octanol–water partition coefficient (Wildman–Crippen LogP) is 3.12. The van der Waals surface area contributed by atoms with Gasteiger partial charge in [-0.2, -0.15) is 11.8 Å². The summed E-state index contributed by atoms with van der Waals surface area (Å²) in [6, 6.07) is 7.96. The topological polar surface area (TPSA) is 41.1 Å². The van der Waals surface area contributed by atoms with Crippen molar-refractivity contribution >= 4 is 39.3 Å². The second-order valence-electron chi connectivity index (χ2n) is 4.09. The smallest absolute Gasteiger partial charge is 0.238 e. The van der Waals surface area contributed by atoms with Crippen LogP contribution in [-0.2, 0) is 4.79 Å². The first-order valence-corrected chi connectivity index (χ1v) is 8.09. The molecule has 1 unspecified atom stereocenters. The number of carbonyl (C=O) groups excluding carboxylic acids is 1. The fourth-order valence-corrected chi connectivity index (χ4v) is 2.39. The molecule has 0 aliphatic rings. The van der Waals surface area contributed by atoms with Crippen LogP contribution in [0.5, 0.6) is 0 Å². The van der Waals surface area contributed by atoms with E-state index in [2.05, 4.69) is 39.7 Å². The Bertz CT molecular complexity index is 387. The number of halogens is 1. The van der Waals surface area contributed by atoms with Crippen molar-refractivity contribution in [2.75, 3.05) is 23.9 Å². The Hall–Kier alpha value is -0.520. The van der Waals surface area contributed by atoms with Gasteiger partial charge in [0.1, 0.15) is 0 Å². The van der Waals surface area contributed by atoms with E-state index >= 15 is 0 Å². The van der Waals surface area contributed by atoms with Gasteiger partial charge in [0.25, 0.3) is 0 Å². The zero-order valence-corrected chi connectivity index (χ0v) is 13.1. The van der Waals surface area contributed by atoms with Gasteiger partial charge in [-0.05, 0) is 53.4 Å². The summed E-state index contributed by atoms with van der Waals surface area (Å²) < 4.78 is 0.897. The first-order chi connectivity index (χ1) is 8.63. The highest BCUT2D eigenvalue weighted by Crippen LogP contribution is 2.20. The van der Waals surface area contributed by atoms with E-state index < -0.39 is 0 Å². The first kappa shape index (κ1) is 15.5. The molecule has 1 aromatic rings. The highest BCUT2D eigenvalue weighted by molar-refractivity contribution is 9.10. The van der Waals surface area contributed by atoms with E-state index in [0.29, 0.717) is 12.6 Å². The number of benzene rings is 1. The monoisotopic (exact) mass is 330 g/mol. The SMILES string of the molecule is CSCCC(C)NCC(=O)Nc1ccccc1Br. The molecule has 0 fully saturated rings. The van der Waals surface area contributed by atoms with Gasteiger partial charge in [0.2, 0.25) is 5.91 Å². The van der Waals surface area contributed by atoms with Crippen LogP contribution in [0.3, 0.4) is 0 Å². The summed E-state index contributed by atoms with van der Waals surface area (Å²) in [6.45, 7) is 2.44. The Morgan fingerprint density at radius 3 is 2.83 bits per heavy atom. The molecular formula is C13H19BrN2OS. The number of thioether (sulfide) groups is 1. The van der Waals surface area contributed by atoms with E-state index in [1.54, 1.807) is 0 Å². The molecule has 1 amide bonds. The Morgan fingerprint density at radius 1 is 1.44 bits per heavy atom. The van der Waals surface area contributed by atoms with E-state index in [9.17, 15) is 4.79 Å². The molecule has 1 atom stereocenters. The molecule has 0 saturated carbocycles.